The number of fused-ring (bicyclic) bond motifs is 1. The Morgan fingerprint density at radius 3 is 2.49 bits per heavy atom. The van der Waals surface area contributed by atoms with Crippen LogP contribution >= 0.6 is 23.1 Å². The van der Waals surface area contributed by atoms with Crippen LogP contribution in [0.2, 0.25) is 0 Å². The van der Waals surface area contributed by atoms with Crippen LogP contribution in [-0.4, -0.2) is 54.3 Å². The van der Waals surface area contributed by atoms with Crippen LogP contribution in [0.5, 0.6) is 5.75 Å². The maximum atomic E-state index is 13.2. The van der Waals surface area contributed by atoms with Crippen molar-refractivity contribution < 1.29 is 4.74 Å². The number of anilines is 1. The minimum atomic E-state index is 0.0879. The smallest absolute Gasteiger partial charge is 0.272 e. The summed E-state index contributed by atoms with van der Waals surface area (Å²) in [5, 5.41) is 2.77. The molecular weight excluding hydrogens is 476 g/mol. The van der Waals surface area contributed by atoms with E-state index in [9.17, 15) is 4.79 Å². The molecule has 1 aliphatic heterocycles. The Labute approximate surface area is 214 Å². The average Bonchev–Trinajstić information content (AvgIpc) is 3.39. The van der Waals surface area contributed by atoms with Crippen molar-refractivity contribution in [3.63, 3.8) is 0 Å². The van der Waals surface area contributed by atoms with Crippen LogP contribution < -0.4 is 15.2 Å². The number of rotatable bonds is 9. The molecule has 3 heterocycles. The van der Waals surface area contributed by atoms with Gasteiger partial charge in [0, 0.05) is 44.2 Å². The van der Waals surface area contributed by atoms with Crippen LogP contribution in [0.3, 0.4) is 0 Å². The monoisotopic (exact) mass is 506 g/mol. The first-order valence-electron chi connectivity index (χ1n) is 12.0. The molecule has 35 heavy (non-hydrogen) atoms. The van der Waals surface area contributed by atoms with E-state index >= 15 is 0 Å². The van der Waals surface area contributed by atoms with E-state index in [1.807, 2.05) is 46.3 Å². The average molecular weight is 507 g/mol. The Kier molecular flexibility index (Phi) is 7.71. The van der Waals surface area contributed by atoms with E-state index in [1.165, 1.54) is 22.6 Å². The molecule has 2 aromatic heterocycles. The maximum Gasteiger partial charge on any atom is 0.272 e. The fourth-order valence-corrected chi connectivity index (χ4v) is 6.19. The van der Waals surface area contributed by atoms with Crippen LogP contribution in [-0.2, 0) is 12.3 Å². The molecule has 5 rings (SSSR count). The zero-order chi connectivity index (χ0) is 24.0. The summed E-state index contributed by atoms with van der Waals surface area (Å²) in [5.74, 6) is 1.69. The van der Waals surface area contributed by atoms with Gasteiger partial charge in [0.2, 0.25) is 0 Å². The normalized spacial score (nSPS) is 14.5. The summed E-state index contributed by atoms with van der Waals surface area (Å²) >= 11 is 3.13. The number of aromatic nitrogens is 2. The molecule has 0 radical (unpaired) electrons. The van der Waals surface area contributed by atoms with E-state index < -0.39 is 0 Å². The molecule has 6 nitrogen and oxygen atoms in total. The number of thiophene rings is 1. The SMILES string of the molecule is COc1ccc(N2CCN(CCCn3c(SCc4ccccc4)nc4ccsc4c3=O)CC2)cc1. The Balaban J connectivity index is 1.19. The van der Waals surface area contributed by atoms with Crippen LogP contribution in [0.1, 0.15) is 12.0 Å². The highest BCUT2D eigenvalue weighted by Crippen LogP contribution is 2.24. The first kappa shape index (κ1) is 23.9. The molecule has 182 valence electrons. The van der Waals surface area contributed by atoms with Crippen LogP contribution in [0.4, 0.5) is 5.69 Å². The predicted molar refractivity (Wildman–Crippen MR) is 146 cm³/mol. The summed E-state index contributed by atoms with van der Waals surface area (Å²) in [4.78, 5) is 23.0. The summed E-state index contributed by atoms with van der Waals surface area (Å²) in [5.41, 5.74) is 3.37. The molecule has 1 aliphatic rings. The van der Waals surface area contributed by atoms with Gasteiger partial charge >= 0.3 is 0 Å². The first-order chi connectivity index (χ1) is 17.2. The van der Waals surface area contributed by atoms with Crippen molar-refractivity contribution in [1.29, 1.82) is 0 Å². The third kappa shape index (κ3) is 5.72. The fraction of sp³-hybridized carbons (Fsp3) is 0.333. The largest absolute Gasteiger partial charge is 0.497 e. The zero-order valence-corrected chi connectivity index (χ0v) is 21.6. The molecular formula is C27H30N4O2S2. The summed E-state index contributed by atoms with van der Waals surface area (Å²) in [6.45, 7) is 5.74. The van der Waals surface area contributed by atoms with E-state index in [1.54, 1.807) is 18.9 Å². The maximum absolute atomic E-state index is 13.2. The molecule has 0 atom stereocenters. The molecule has 0 N–H and O–H groups in total. The van der Waals surface area contributed by atoms with Gasteiger partial charge in [-0.05, 0) is 54.2 Å². The second kappa shape index (κ2) is 11.3. The lowest BCUT2D eigenvalue weighted by atomic mass is 10.2. The van der Waals surface area contributed by atoms with Gasteiger partial charge < -0.3 is 9.64 Å². The number of benzene rings is 2. The summed E-state index contributed by atoms with van der Waals surface area (Å²) in [6, 6.07) is 20.6. The molecule has 4 aromatic rings. The quantitative estimate of drug-likeness (QED) is 0.236. The Bertz CT molecular complexity index is 1300. The highest BCUT2D eigenvalue weighted by Gasteiger charge is 2.18. The number of methoxy groups -OCH3 is 1. The molecule has 0 bridgehead atoms. The third-order valence-corrected chi connectivity index (χ3v) is 8.35. The van der Waals surface area contributed by atoms with Gasteiger partial charge in [0.1, 0.15) is 10.4 Å². The highest BCUT2D eigenvalue weighted by molar-refractivity contribution is 7.98. The fourth-order valence-electron chi connectivity index (χ4n) is 4.43. The second-order valence-corrected chi connectivity index (χ2v) is 10.5. The van der Waals surface area contributed by atoms with Gasteiger partial charge in [-0.15, -0.1) is 11.3 Å². The Morgan fingerprint density at radius 1 is 0.971 bits per heavy atom. The van der Waals surface area contributed by atoms with Gasteiger partial charge in [-0.2, -0.15) is 0 Å². The van der Waals surface area contributed by atoms with Crippen molar-refractivity contribution in [2.75, 3.05) is 44.7 Å². The predicted octanol–water partition coefficient (Wildman–Crippen LogP) is 4.97. The zero-order valence-electron chi connectivity index (χ0n) is 19.9. The topological polar surface area (TPSA) is 50.6 Å². The minimum absolute atomic E-state index is 0.0879. The number of nitrogens with zero attached hydrogens (tertiary/aromatic N) is 4. The lowest BCUT2D eigenvalue weighted by molar-refractivity contribution is 0.249. The minimum Gasteiger partial charge on any atom is -0.497 e. The Hall–Kier alpha value is -2.81. The van der Waals surface area contributed by atoms with Crippen LogP contribution in [0, 0.1) is 0 Å². The Morgan fingerprint density at radius 2 is 1.74 bits per heavy atom. The number of piperazine rings is 1. The van der Waals surface area contributed by atoms with Crippen molar-refractivity contribution in [2.24, 2.45) is 0 Å². The standard InChI is InChI=1S/C27H30N4O2S2/c1-33-23-10-8-22(9-11-23)30-17-15-29(16-18-30)13-5-14-31-26(32)25-24(12-19-34-25)28-27(31)35-20-21-6-3-2-4-7-21/h2-4,6-12,19H,5,13-18,20H2,1H3. The van der Waals surface area contributed by atoms with Gasteiger partial charge in [-0.25, -0.2) is 4.98 Å². The highest BCUT2D eigenvalue weighted by atomic mass is 32.2. The number of ether oxygens (including phenoxy) is 1. The van der Waals surface area contributed by atoms with Gasteiger partial charge in [0.15, 0.2) is 5.16 Å². The van der Waals surface area contributed by atoms with E-state index in [2.05, 4.69) is 34.1 Å². The number of hydrogen-bond donors (Lipinski definition) is 0. The van der Waals surface area contributed by atoms with Gasteiger partial charge in [0.25, 0.3) is 5.56 Å². The summed E-state index contributed by atoms with van der Waals surface area (Å²) < 4.78 is 7.91. The molecule has 0 amide bonds. The van der Waals surface area contributed by atoms with Gasteiger partial charge in [0.05, 0.1) is 12.6 Å². The summed E-state index contributed by atoms with van der Waals surface area (Å²) in [7, 11) is 1.70. The van der Waals surface area contributed by atoms with Gasteiger partial charge in [-0.3, -0.25) is 14.3 Å². The molecule has 2 aromatic carbocycles. The van der Waals surface area contributed by atoms with E-state index in [-0.39, 0.29) is 5.56 Å². The molecule has 1 saturated heterocycles. The number of hydrogen-bond acceptors (Lipinski definition) is 7. The molecule has 1 fully saturated rings. The van der Waals surface area contributed by atoms with Crippen molar-refractivity contribution in [3.8, 4) is 5.75 Å². The van der Waals surface area contributed by atoms with Crippen LogP contribution in [0.15, 0.2) is 76.0 Å². The van der Waals surface area contributed by atoms with Gasteiger partial charge in [-0.1, -0.05) is 42.1 Å². The van der Waals surface area contributed by atoms with Crippen molar-refractivity contribution >= 4 is 39.0 Å². The molecule has 0 unspecified atom stereocenters. The van der Waals surface area contributed by atoms with Crippen LogP contribution in [0.25, 0.3) is 10.2 Å². The van der Waals surface area contributed by atoms with Crippen molar-refractivity contribution in [2.45, 2.75) is 23.9 Å². The van der Waals surface area contributed by atoms with E-state index in [0.717, 1.165) is 66.0 Å². The third-order valence-electron chi connectivity index (χ3n) is 6.41. The number of thioether (sulfide) groups is 1. The second-order valence-electron chi connectivity index (χ2n) is 8.64. The molecule has 0 aliphatic carbocycles. The molecule has 0 saturated carbocycles. The van der Waals surface area contributed by atoms with Crippen molar-refractivity contribution in [1.82, 2.24) is 14.5 Å². The lowest BCUT2D eigenvalue weighted by Crippen LogP contribution is -2.46. The molecule has 8 heteroatoms. The first-order valence-corrected chi connectivity index (χ1v) is 13.8. The summed E-state index contributed by atoms with van der Waals surface area (Å²) in [6.07, 6.45) is 0.930. The molecule has 0 spiro atoms. The lowest BCUT2D eigenvalue weighted by Gasteiger charge is -2.36. The van der Waals surface area contributed by atoms with E-state index in [4.69, 9.17) is 9.72 Å². The van der Waals surface area contributed by atoms with Crippen molar-refractivity contribution in [3.05, 3.63) is 82.0 Å². The van der Waals surface area contributed by atoms with E-state index in [0.29, 0.717) is 6.54 Å².